The molecule has 0 aliphatic rings. The quantitative estimate of drug-likeness (QED) is 0.506. The van der Waals surface area contributed by atoms with E-state index in [0.29, 0.717) is 24.0 Å². The van der Waals surface area contributed by atoms with Gasteiger partial charge in [0.1, 0.15) is 11.5 Å². The van der Waals surface area contributed by atoms with Crippen LogP contribution in [-0.4, -0.2) is 25.3 Å². The maximum absolute atomic E-state index is 11.9. The van der Waals surface area contributed by atoms with E-state index in [0.717, 1.165) is 10.0 Å². The Kier molecular flexibility index (Phi) is 7.66. The summed E-state index contributed by atoms with van der Waals surface area (Å²) in [6, 6.07) is 13.3. The SMILES string of the molecule is CCOc1ccc(Br)cc1/C=N/NC(=O)COc1ccc(C(C)C)cc1. The highest BCUT2D eigenvalue weighted by atomic mass is 79.9. The molecule has 0 saturated carbocycles. The van der Waals surface area contributed by atoms with Crippen molar-refractivity contribution in [2.24, 2.45) is 5.10 Å². The second-order valence-corrected chi connectivity index (χ2v) is 6.84. The number of carbonyl (C=O) groups excluding carboxylic acids is 1. The molecule has 1 N–H and O–H groups in total. The fourth-order valence-corrected chi connectivity index (χ4v) is 2.59. The number of halogens is 1. The van der Waals surface area contributed by atoms with Crippen molar-refractivity contribution in [3.8, 4) is 11.5 Å². The van der Waals surface area contributed by atoms with Crippen LogP contribution in [0.25, 0.3) is 0 Å². The number of rotatable bonds is 8. The first-order valence-corrected chi connectivity index (χ1v) is 9.26. The monoisotopic (exact) mass is 418 g/mol. The second kappa shape index (κ2) is 9.97. The molecule has 26 heavy (non-hydrogen) atoms. The standard InChI is InChI=1S/C20H23BrN2O3/c1-4-25-19-10-7-17(21)11-16(19)12-22-23-20(24)13-26-18-8-5-15(6-9-18)14(2)3/h5-12,14H,4,13H2,1-3H3,(H,23,24)/b22-12+. The smallest absolute Gasteiger partial charge is 0.277 e. The highest BCUT2D eigenvalue weighted by molar-refractivity contribution is 9.10. The van der Waals surface area contributed by atoms with Crippen LogP contribution in [0.3, 0.4) is 0 Å². The van der Waals surface area contributed by atoms with Crippen LogP contribution in [-0.2, 0) is 4.79 Å². The van der Waals surface area contributed by atoms with Crippen LogP contribution in [0.1, 0.15) is 37.8 Å². The number of amides is 1. The molecular weight excluding hydrogens is 396 g/mol. The summed E-state index contributed by atoms with van der Waals surface area (Å²) in [6.45, 7) is 6.62. The number of hydrogen-bond acceptors (Lipinski definition) is 4. The topological polar surface area (TPSA) is 59.9 Å². The Morgan fingerprint density at radius 1 is 1.19 bits per heavy atom. The fourth-order valence-electron chi connectivity index (χ4n) is 2.21. The molecule has 2 rings (SSSR count). The maximum atomic E-state index is 11.9. The molecule has 0 spiro atoms. The zero-order valence-corrected chi connectivity index (χ0v) is 16.7. The van der Waals surface area contributed by atoms with E-state index >= 15 is 0 Å². The van der Waals surface area contributed by atoms with E-state index < -0.39 is 0 Å². The third-order valence-corrected chi connectivity index (χ3v) is 4.07. The van der Waals surface area contributed by atoms with Crippen molar-refractivity contribution in [1.29, 1.82) is 0 Å². The number of hydrazone groups is 1. The predicted molar refractivity (Wildman–Crippen MR) is 107 cm³/mol. The van der Waals surface area contributed by atoms with Gasteiger partial charge in [0.15, 0.2) is 6.61 Å². The molecule has 2 aromatic carbocycles. The molecule has 0 bridgehead atoms. The van der Waals surface area contributed by atoms with Gasteiger partial charge in [0, 0.05) is 10.0 Å². The van der Waals surface area contributed by atoms with Gasteiger partial charge in [-0.15, -0.1) is 0 Å². The first-order valence-electron chi connectivity index (χ1n) is 8.46. The van der Waals surface area contributed by atoms with Gasteiger partial charge in [-0.25, -0.2) is 5.43 Å². The van der Waals surface area contributed by atoms with Crippen molar-refractivity contribution >= 4 is 28.1 Å². The van der Waals surface area contributed by atoms with Gasteiger partial charge < -0.3 is 9.47 Å². The van der Waals surface area contributed by atoms with Crippen LogP contribution in [0.5, 0.6) is 11.5 Å². The molecule has 0 radical (unpaired) electrons. The molecule has 0 unspecified atom stereocenters. The van der Waals surface area contributed by atoms with Gasteiger partial charge >= 0.3 is 0 Å². The molecule has 6 heteroatoms. The highest BCUT2D eigenvalue weighted by Gasteiger charge is 2.05. The van der Waals surface area contributed by atoms with E-state index in [4.69, 9.17) is 9.47 Å². The molecule has 0 fully saturated rings. The number of benzene rings is 2. The van der Waals surface area contributed by atoms with Crippen molar-refractivity contribution < 1.29 is 14.3 Å². The van der Waals surface area contributed by atoms with Crippen molar-refractivity contribution in [2.45, 2.75) is 26.7 Å². The maximum Gasteiger partial charge on any atom is 0.277 e. The molecule has 1 amide bonds. The van der Waals surface area contributed by atoms with E-state index in [-0.39, 0.29) is 12.5 Å². The Bertz CT molecular complexity index is 758. The minimum absolute atomic E-state index is 0.102. The highest BCUT2D eigenvalue weighted by Crippen LogP contribution is 2.21. The van der Waals surface area contributed by atoms with E-state index in [9.17, 15) is 4.79 Å². The molecule has 0 saturated heterocycles. The van der Waals surface area contributed by atoms with E-state index in [1.54, 1.807) is 6.21 Å². The Balaban J connectivity index is 1.86. The van der Waals surface area contributed by atoms with Crippen LogP contribution in [0.15, 0.2) is 52.0 Å². The van der Waals surface area contributed by atoms with Crippen molar-refractivity contribution in [1.82, 2.24) is 5.43 Å². The van der Waals surface area contributed by atoms with Crippen LogP contribution in [0.4, 0.5) is 0 Å². The summed E-state index contributed by atoms with van der Waals surface area (Å²) < 4.78 is 11.9. The van der Waals surface area contributed by atoms with Gasteiger partial charge in [-0.2, -0.15) is 5.10 Å². The van der Waals surface area contributed by atoms with Gasteiger partial charge in [0.2, 0.25) is 0 Å². The lowest BCUT2D eigenvalue weighted by Crippen LogP contribution is -2.24. The summed E-state index contributed by atoms with van der Waals surface area (Å²) in [5.41, 5.74) is 4.45. The number of nitrogens with zero attached hydrogens (tertiary/aromatic N) is 1. The summed E-state index contributed by atoms with van der Waals surface area (Å²) in [5.74, 6) is 1.48. The van der Waals surface area contributed by atoms with Crippen molar-refractivity contribution in [2.75, 3.05) is 13.2 Å². The van der Waals surface area contributed by atoms with Gasteiger partial charge in [0.25, 0.3) is 5.91 Å². The van der Waals surface area contributed by atoms with Gasteiger partial charge in [0.05, 0.1) is 12.8 Å². The van der Waals surface area contributed by atoms with Crippen LogP contribution in [0.2, 0.25) is 0 Å². The van der Waals surface area contributed by atoms with Crippen molar-refractivity contribution in [3.05, 3.63) is 58.1 Å². The van der Waals surface area contributed by atoms with E-state index in [2.05, 4.69) is 40.3 Å². The van der Waals surface area contributed by atoms with E-state index in [1.807, 2.05) is 49.4 Å². The molecule has 0 atom stereocenters. The zero-order valence-electron chi connectivity index (χ0n) is 15.2. The molecule has 2 aromatic rings. The lowest BCUT2D eigenvalue weighted by Gasteiger charge is -2.08. The van der Waals surface area contributed by atoms with Crippen LogP contribution >= 0.6 is 15.9 Å². The number of hydrogen-bond donors (Lipinski definition) is 1. The molecular formula is C20H23BrN2O3. The first kappa shape index (κ1) is 20.0. The summed E-state index contributed by atoms with van der Waals surface area (Å²) in [7, 11) is 0. The average Bonchev–Trinajstić information content (AvgIpc) is 2.62. The van der Waals surface area contributed by atoms with Crippen molar-refractivity contribution in [3.63, 3.8) is 0 Å². The molecule has 0 aromatic heterocycles. The summed E-state index contributed by atoms with van der Waals surface area (Å²) in [6.07, 6.45) is 1.55. The average molecular weight is 419 g/mol. The van der Waals surface area contributed by atoms with E-state index in [1.165, 1.54) is 5.56 Å². The molecule has 5 nitrogen and oxygen atoms in total. The Labute approximate surface area is 162 Å². The lowest BCUT2D eigenvalue weighted by atomic mass is 10.0. The molecule has 0 heterocycles. The third-order valence-electron chi connectivity index (χ3n) is 3.58. The summed E-state index contributed by atoms with van der Waals surface area (Å²) in [4.78, 5) is 11.9. The van der Waals surface area contributed by atoms with Crippen LogP contribution in [0, 0.1) is 0 Å². The van der Waals surface area contributed by atoms with Gasteiger partial charge in [-0.1, -0.05) is 41.9 Å². The fraction of sp³-hybridized carbons (Fsp3) is 0.300. The first-order chi connectivity index (χ1) is 12.5. The third kappa shape index (κ3) is 6.19. The Morgan fingerprint density at radius 2 is 1.92 bits per heavy atom. The molecule has 138 valence electrons. The Hall–Kier alpha value is -2.34. The number of ether oxygens (including phenoxy) is 2. The zero-order chi connectivity index (χ0) is 18.9. The van der Waals surface area contributed by atoms with Gasteiger partial charge in [-0.05, 0) is 48.7 Å². The second-order valence-electron chi connectivity index (χ2n) is 5.92. The normalized spacial score (nSPS) is 11.0. The van der Waals surface area contributed by atoms with Crippen LogP contribution < -0.4 is 14.9 Å². The number of nitrogens with one attached hydrogen (secondary N) is 1. The Morgan fingerprint density at radius 3 is 2.58 bits per heavy atom. The number of carbonyl (C=O) groups is 1. The minimum atomic E-state index is -0.331. The predicted octanol–water partition coefficient (Wildman–Crippen LogP) is 4.50. The summed E-state index contributed by atoms with van der Waals surface area (Å²) >= 11 is 3.41. The minimum Gasteiger partial charge on any atom is -0.493 e. The molecule has 0 aliphatic heterocycles. The summed E-state index contributed by atoms with van der Waals surface area (Å²) in [5, 5.41) is 3.97. The largest absolute Gasteiger partial charge is 0.493 e. The molecule has 0 aliphatic carbocycles. The van der Waals surface area contributed by atoms with Gasteiger partial charge in [-0.3, -0.25) is 4.79 Å². The lowest BCUT2D eigenvalue weighted by molar-refractivity contribution is -0.123.